The van der Waals surface area contributed by atoms with Crippen LogP contribution in [0.1, 0.15) is 96.3 Å². The molecule has 4 amide bonds. The van der Waals surface area contributed by atoms with Crippen molar-refractivity contribution in [3.05, 3.63) is 71.8 Å². The molecule has 0 unspecified atom stereocenters. The van der Waals surface area contributed by atoms with Crippen molar-refractivity contribution in [1.29, 1.82) is 0 Å². The van der Waals surface area contributed by atoms with Crippen molar-refractivity contribution in [3.8, 4) is 11.1 Å². The molecule has 13 heteroatoms. The normalized spacial score (nSPS) is 28.3. The van der Waals surface area contributed by atoms with E-state index in [-0.39, 0.29) is 31.4 Å². The van der Waals surface area contributed by atoms with Gasteiger partial charge in [-0.3, -0.25) is 19.1 Å². The average Bonchev–Trinajstić information content (AvgIpc) is 4.06. The van der Waals surface area contributed by atoms with E-state index < -0.39 is 73.6 Å². The molecule has 2 aromatic rings. The maximum Gasteiger partial charge on any atom is 0.407 e. The smallest absolute Gasteiger partial charge is 0.407 e. The second-order valence-electron chi connectivity index (χ2n) is 18.2. The number of aryl methyl sites for hydroxylation is 2. The van der Waals surface area contributed by atoms with Gasteiger partial charge in [0.25, 0.3) is 5.91 Å². The van der Waals surface area contributed by atoms with Gasteiger partial charge in [0.15, 0.2) is 0 Å². The molecule has 5 atom stereocenters. The number of amides is 4. The highest BCUT2D eigenvalue weighted by atomic mass is 32.2. The summed E-state index contributed by atoms with van der Waals surface area (Å²) in [6.45, 7) is 15.8. The summed E-state index contributed by atoms with van der Waals surface area (Å²) in [6.07, 6.45) is 5.29. The second kappa shape index (κ2) is 15.3. The first-order valence-corrected chi connectivity index (χ1v) is 21.3. The van der Waals surface area contributed by atoms with E-state index in [9.17, 15) is 27.6 Å². The predicted molar refractivity (Wildman–Crippen MR) is 214 cm³/mol. The Balaban J connectivity index is 1.39. The number of nitrogens with zero attached hydrogens (tertiary/aromatic N) is 1. The Kier molecular flexibility index (Phi) is 11.3. The first-order chi connectivity index (χ1) is 26.2. The molecule has 2 saturated carbocycles. The van der Waals surface area contributed by atoms with E-state index in [0.29, 0.717) is 19.3 Å². The van der Waals surface area contributed by atoms with Crippen LogP contribution < -0.4 is 15.4 Å². The van der Waals surface area contributed by atoms with E-state index >= 15 is 0 Å². The summed E-state index contributed by atoms with van der Waals surface area (Å²) in [5.74, 6) is -2.50. The van der Waals surface area contributed by atoms with Gasteiger partial charge in [0, 0.05) is 19.4 Å². The molecule has 3 aliphatic heterocycles. The Bertz CT molecular complexity index is 1990. The third-order valence-corrected chi connectivity index (χ3v) is 14.0. The SMILES string of the molecule is C=C[C@@H]1C[C@]1(NC(=O)[C@@H]1C[C@]2(OC)CN1C(=O)[C@H](C(C)(C)C)NC(=O)OCCC(C)(C)CCCc1cc(C)ccc1-c1ccc2cc1)C(=O)NS(=O)(=O)C1CC1. The molecule has 12 nitrogen and oxygen atoms in total. The average molecular weight is 791 g/mol. The fourth-order valence-corrected chi connectivity index (χ4v) is 9.64. The molecule has 3 N–H and O–H groups in total. The molecule has 0 spiro atoms. The molecular weight excluding hydrogens is 733 g/mol. The highest BCUT2D eigenvalue weighted by molar-refractivity contribution is 7.91. The van der Waals surface area contributed by atoms with Gasteiger partial charge in [-0.25, -0.2) is 13.2 Å². The number of sulfonamides is 1. The van der Waals surface area contributed by atoms with Crippen molar-refractivity contribution in [2.75, 3.05) is 20.3 Å². The van der Waals surface area contributed by atoms with Gasteiger partial charge in [0.05, 0.1) is 18.4 Å². The number of alkyl carbamates (subject to hydrolysis) is 1. The molecule has 304 valence electrons. The number of benzene rings is 2. The van der Waals surface area contributed by atoms with Gasteiger partial charge in [-0.1, -0.05) is 88.7 Å². The maximum absolute atomic E-state index is 14.8. The van der Waals surface area contributed by atoms with Crippen LogP contribution in [-0.2, 0) is 45.9 Å². The van der Waals surface area contributed by atoms with Crippen molar-refractivity contribution >= 4 is 33.8 Å². The summed E-state index contributed by atoms with van der Waals surface area (Å²) < 4.78 is 39.7. The highest BCUT2D eigenvalue weighted by Crippen LogP contribution is 2.47. The first kappa shape index (κ1) is 41.4. The van der Waals surface area contributed by atoms with Crippen LogP contribution in [-0.4, -0.2) is 80.3 Å². The maximum atomic E-state index is 14.8. The Hall–Kier alpha value is -4.23. The van der Waals surface area contributed by atoms with E-state index in [1.54, 1.807) is 0 Å². The fraction of sp³-hybridized carbons (Fsp3) is 0.581. The predicted octanol–water partition coefficient (Wildman–Crippen LogP) is 5.67. The van der Waals surface area contributed by atoms with Crippen LogP contribution >= 0.6 is 0 Å². The monoisotopic (exact) mass is 790 g/mol. The van der Waals surface area contributed by atoms with E-state index in [2.05, 4.69) is 60.9 Å². The van der Waals surface area contributed by atoms with Crippen molar-refractivity contribution in [3.63, 3.8) is 0 Å². The fourth-order valence-electron chi connectivity index (χ4n) is 8.27. The van der Waals surface area contributed by atoms with Crippen molar-refractivity contribution in [1.82, 2.24) is 20.3 Å². The van der Waals surface area contributed by atoms with E-state index in [1.807, 2.05) is 45.0 Å². The summed E-state index contributed by atoms with van der Waals surface area (Å²) in [5.41, 5.74) is 1.72. The standard InChI is InChI=1S/C43H58N4O8S/c1-9-30-24-43(30,38(50)46-56(52,53)32-17-18-32)45-36(48)34-25-42(54-8)26-47(34)37(49)35(40(3,4)5)44-39(51)55-22-21-41(6,7)20-10-11-29-23-27(2)12-19-33(29)28-13-15-31(42)16-14-28/h9,12-16,19,23,30,32,34-35H,1,10-11,17-18,20-22,24-26H2,2-8H3,(H,44,51)(H,45,48)(H,46,50)/t30-,34+,35-,42+,43-/m1/s1. The quantitative estimate of drug-likeness (QED) is 0.303. The van der Waals surface area contributed by atoms with Crippen molar-refractivity contribution in [2.24, 2.45) is 16.7 Å². The number of hydrogen-bond donors (Lipinski definition) is 3. The van der Waals surface area contributed by atoms with E-state index in [1.165, 1.54) is 29.2 Å². The molecular formula is C43H58N4O8S. The first-order valence-electron chi connectivity index (χ1n) is 19.7. The van der Waals surface area contributed by atoms with Gasteiger partial charge < -0.3 is 25.0 Å². The largest absolute Gasteiger partial charge is 0.450 e. The molecule has 3 heterocycles. The molecule has 5 aliphatic rings. The van der Waals surface area contributed by atoms with Gasteiger partial charge in [0.2, 0.25) is 21.8 Å². The summed E-state index contributed by atoms with van der Waals surface area (Å²) in [7, 11) is -2.36. The number of fused-ring (bicyclic) bond motifs is 12. The number of methoxy groups -OCH3 is 1. The van der Waals surface area contributed by atoms with Crippen LogP contribution in [0.4, 0.5) is 4.79 Å². The molecule has 2 aromatic carbocycles. The zero-order chi connectivity index (χ0) is 40.8. The van der Waals surface area contributed by atoms with Gasteiger partial charge in [-0.05, 0) is 85.0 Å². The van der Waals surface area contributed by atoms with E-state index in [4.69, 9.17) is 9.47 Å². The van der Waals surface area contributed by atoms with Crippen LogP contribution in [0.25, 0.3) is 11.1 Å². The second-order valence-corrected chi connectivity index (χ2v) is 20.1. The third kappa shape index (κ3) is 8.54. The van der Waals surface area contributed by atoms with E-state index in [0.717, 1.165) is 36.0 Å². The minimum absolute atomic E-state index is 0.0312. The molecule has 4 bridgehead atoms. The van der Waals surface area contributed by atoms with Crippen LogP contribution in [0.15, 0.2) is 55.1 Å². The Morgan fingerprint density at radius 2 is 1.75 bits per heavy atom. The lowest BCUT2D eigenvalue weighted by Gasteiger charge is -2.36. The molecule has 0 radical (unpaired) electrons. The lowest BCUT2D eigenvalue weighted by atomic mass is 9.83. The number of ether oxygens (including phenoxy) is 2. The Morgan fingerprint density at radius 3 is 2.36 bits per heavy atom. The van der Waals surface area contributed by atoms with Crippen LogP contribution in [0.3, 0.4) is 0 Å². The molecule has 7 rings (SSSR count). The minimum Gasteiger partial charge on any atom is -0.450 e. The summed E-state index contributed by atoms with van der Waals surface area (Å²) >= 11 is 0. The van der Waals surface area contributed by atoms with Gasteiger partial charge >= 0.3 is 6.09 Å². The summed E-state index contributed by atoms with van der Waals surface area (Å²) in [4.78, 5) is 57.8. The Morgan fingerprint density at radius 1 is 1.05 bits per heavy atom. The zero-order valence-corrected chi connectivity index (χ0v) is 34.6. The van der Waals surface area contributed by atoms with Gasteiger partial charge in [-0.15, -0.1) is 6.58 Å². The summed E-state index contributed by atoms with van der Waals surface area (Å²) in [5, 5.41) is 5.03. The van der Waals surface area contributed by atoms with Crippen LogP contribution in [0.5, 0.6) is 0 Å². The third-order valence-electron chi connectivity index (χ3n) is 12.2. The zero-order valence-electron chi connectivity index (χ0n) is 33.8. The lowest BCUT2D eigenvalue weighted by Crippen LogP contribution is -2.60. The van der Waals surface area contributed by atoms with Crippen LogP contribution in [0, 0.1) is 23.7 Å². The van der Waals surface area contributed by atoms with Gasteiger partial charge in [-0.2, -0.15) is 0 Å². The number of hydrogen-bond acceptors (Lipinski definition) is 8. The number of carbonyl (C=O) groups is 4. The highest BCUT2D eigenvalue weighted by Gasteiger charge is 2.62. The number of nitrogens with one attached hydrogen (secondary N) is 3. The van der Waals surface area contributed by atoms with Crippen molar-refractivity contribution in [2.45, 2.75) is 121 Å². The molecule has 0 aromatic heterocycles. The van der Waals surface area contributed by atoms with Crippen LogP contribution in [0.2, 0.25) is 0 Å². The Labute approximate surface area is 331 Å². The lowest BCUT2D eigenvalue weighted by molar-refractivity contribution is -0.143. The number of carbonyl (C=O) groups excluding carboxylic acids is 4. The topological polar surface area (TPSA) is 160 Å². The molecule has 3 fully saturated rings. The molecule has 2 aliphatic carbocycles. The molecule has 1 saturated heterocycles. The van der Waals surface area contributed by atoms with Gasteiger partial charge in [0.1, 0.15) is 23.2 Å². The summed E-state index contributed by atoms with van der Waals surface area (Å²) in [6, 6.07) is 12.3. The van der Waals surface area contributed by atoms with Crippen molar-refractivity contribution < 1.29 is 37.1 Å². The molecule has 56 heavy (non-hydrogen) atoms. The number of rotatable bonds is 7. The minimum atomic E-state index is -3.90.